The number of aliphatic hydroxyl groups excluding tert-OH is 1. The first-order valence-corrected chi connectivity index (χ1v) is 5.42. The lowest BCUT2D eigenvalue weighted by atomic mass is 10.2. The van der Waals surface area contributed by atoms with E-state index in [1.807, 2.05) is 18.5 Å². The monoisotopic (exact) mass is 212 g/mol. The predicted molar refractivity (Wildman–Crippen MR) is 58.7 cm³/mol. The Kier molecular flexibility index (Phi) is 4.78. The maximum Gasteiger partial charge on any atom is 0.0718 e. The molecule has 0 spiro atoms. The van der Waals surface area contributed by atoms with E-state index in [2.05, 4.69) is 12.0 Å². The third-order valence-corrected chi connectivity index (χ3v) is 2.49. The molecule has 0 aliphatic rings. The van der Waals surface area contributed by atoms with Gasteiger partial charge in [-0.1, -0.05) is 6.92 Å². The highest BCUT2D eigenvalue weighted by Crippen LogP contribution is 2.12. The van der Waals surface area contributed by atoms with E-state index in [1.54, 1.807) is 0 Å². The molecular formula is C11H20N2O2. The predicted octanol–water partition coefficient (Wildman–Crippen LogP) is 1.42. The number of ether oxygens (including phenoxy) is 1. The van der Waals surface area contributed by atoms with Gasteiger partial charge in [0.15, 0.2) is 0 Å². The third-order valence-electron chi connectivity index (χ3n) is 2.49. The topological polar surface area (TPSA) is 47.3 Å². The van der Waals surface area contributed by atoms with Gasteiger partial charge in [0.05, 0.1) is 25.5 Å². The second-order valence-corrected chi connectivity index (χ2v) is 3.64. The quantitative estimate of drug-likeness (QED) is 0.725. The highest BCUT2D eigenvalue weighted by atomic mass is 16.5. The molecule has 1 aromatic heterocycles. The van der Waals surface area contributed by atoms with Crippen LogP contribution >= 0.6 is 0 Å². The summed E-state index contributed by atoms with van der Waals surface area (Å²) in [6.07, 6.45) is 1.04. The number of aromatic nitrogens is 2. The van der Waals surface area contributed by atoms with Crippen LogP contribution in [0.1, 0.15) is 30.3 Å². The first-order valence-electron chi connectivity index (χ1n) is 5.42. The molecule has 0 unspecified atom stereocenters. The van der Waals surface area contributed by atoms with Crippen molar-refractivity contribution in [1.82, 2.24) is 9.78 Å². The first-order chi connectivity index (χ1) is 7.20. The molecule has 0 saturated heterocycles. The van der Waals surface area contributed by atoms with Crippen molar-refractivity contribution in [3.63, 3.8) is 0 Å². The molecule has 0 saturated carbocycles. The number of nitrogens with zero attached hydrogens (tertiary/aromatic N) is 2. The number of hydrogen-bond donors (Lipinski definition) is 1. The Morgan fingerprint density at radius 3 is 2.60 bits per heavy atom. The molecule has 1 rings (SSSR count). The van der Waals surface area contributed by atoms with Gasteiger partial charge >= 0.3 is 0 Å². The van der Waals surface area contributed by atoms with Gasteiger partial charge in [0.2, 0.25) is 0 Å². The van der Waals surface area contributed by atoms with Crippen LogP contribution in [0.5, 0.6) is 0 Å². The molecule has 0 amide bonds. The largest absolute Gasteiger partial charge is 0.392 e. The van der Waals surface area contributed by atoms with Crippen LogP contribution in [-0.2, 0) is 17.9 Å². The van der Waals surface area contributed by atoms with Crippen LogP contribution < -0.4 is 0 Å². The van der Waals surface area contributed by atoms with Crippen molar-refractivity contribution in [2.75, 3.05) is 13.2 Å². The summed E-state index contributed by atoms with van der Waals surface area (Å²) >= 11 is 0. The van der Waals surface area contributed by atoms with Crippen molar-refractivity contribution in [2.24, 2.45) is 0 Å². The molecule has 1 N–H and O–H groups in total. The molecule has 0 aliphatic carbocycles. The van der Waals surface area contributed by atoms with Gasteiger partial charge in [-0.2, -0.15) is 5.10 Å². The average molecular weight is 212 g/mol. The number of rotatable bonds is 6. The van der Waals surface area contributed by atoms with E-state index in [0.29, 0.717) is 6.61 Å². The van der Waals surface area contributed by atoms with E-state index >= 15 is 0 Å². The maximum absolute atomic E-state index is 9.14. The highest BCUT2D eigenvalue weighted by molar-refractivity contribution is 5.23. The van der Waals surface area contributed by atoms with Crippen molar-refractivity contribution >= 4 is 0 Å². The lowest BCUT2D eigenvalue weighted by Crippen LogP contribution is -2.09. The number of aliphatic hydroxyl groups is 1. The molecule has 1 heterocycles. The summed E-state index contributed by atoms with van der Waals surface area (Å²) in [4.78, 5) is 0. The van der Waals surface area contributed by atoms with Gasteiger partial charge in [-0.3, -0.25) is 4.68 Å². The molecule has 0 fully saturated rings. The summed E-state index contributed by atoms with van der Waals surface area (Å²) in [6, 6.07) is 0. The van der Waals surface area contributed by atoms with Crippen LogP contribution in [0.2, 0.25) is 0 Å². The Morgan fingerprint density at radius 1 is 1.33 bits per heavy atom. The first kappa shape index (κ1) is 12.2. The summed E-state index contributed by atoms with van der Waals surface area (Å²) in [5.41, 5.74) is 2.88. The zero-order valence-electron chi connectivity index (χ0n) is 9.79. The van der Waals surface area contributed by atoms with Crippen molar-refractivity contribution in [1.29, 1.82) is 0 Å². The van der Waals surface area contributed by atoms with Gasteiger partial charge in [-0.05, 0) is 20.3 Å². The van der Waals surface area contributed by atoms with Gasteiger partial charge in [0.25, 0.3) is 0 Å². The highest BCUT2D eigenvalue weighted by Gasteiger charge is 2.09. The van der Waals surface area contributed by atoms with Crippen molar-refractivity contribution < 1.29 is 9.84 Å². The molecule has 4 nitrogen and oxygen atoms in total. The van der Waals surface area contributed by atoms with Gasteiger partial charge < -0.3 is 9.84 Å². The Morgan fingerprint density at radius 2 is 2.07 bits per heavy atom. The smallest absolute Gasteiger partial charge is 0.0718 e. The van der Waals surface area contributed by atoms with Gasteiger partial charge in [0, 0.05) is 17.9 Å². The van der Waals surface area contributed by atoms with Gasteiger partial charge in [-0.25, -0.2) is 0 Å². The summed E-state index contributed by atoms with van der Waals surface area (Å²) < 4.78 is 7.30. The lowest BCUT2D eigenvalue weighted by molar-refractivity contribution is 0.124. The van der Waals surface area contributed by atoms with E-state index in [4.69, 9.17) is 9.84 Å². The summed E-state index contributed by atoms with van der Waals surface area (Å²) in [6.45, 7) is 8.29. The average Bonchev–Trinajstić information content (AvgIpc) is 2.49. The Bertz CT molecular complexity index is 308. The van der Waals surface area contributed by atoms with Crippen LogP contribution in [0.25, 0.3) is 0 Å². The fourth-order valence-electron chi connectivity index (χ4n) is 1.58. The van der Waals surface area contributed by atoms with Crippen LogP contribution in [-0.4, -0.2) is 28.1 Å². The van der Waals surface area contributed by atoms with E-state index in [9.17, 15) is 0 Å². The third kappa shape index (κ3) is 3.04. The second kappa shape index (κ2) is 5.88. The Hall–Kier alpha value is -0.870. The van der Waals surface area contributed by atoms with E-state index in [1.165, 1.54) is 0 Å². The minimum absolute atomic E-state index is 0.0630. The summed E-state index contributed by atoms with van der Waals surface area (Å²) in [7, 11) is 0. The number of hydrogen-bond acceptors (Lipinski definition) is 3. The minimum atomic E-state index is 0.0630. The second-order valence-electron chi connectivity index (χ2n) is 3.64. The zero-order chi connectivity index (χ0) is 11.3. The fraction of sp³-hybridized carbons (Fsp3) is 0.727. The van der Waals surface area contributed by atoms with Crippen LogP contribution in [0, 0.1) is 13.8 Å². The zero-order valence-corrected chi connectivity index (χ0v) is 9.79. The molecule has 0 bridgehead atoms. The normalized spacial score (nSPS) is 10.9. The van der Waals surface area contributed by atoms with E-state index < -0.39 is 0 Å². The van der Waals surface area contributed by atoms with Crippen LogP contribution in [0.4, 0.5) is 0 Å². The molecule has 86 valence electrons. The fourth-order valence-corrected chi connectivity index (χ4v) is 1.58. The van der Waals surface area contributed by atoms with Gasteiger partial charge in [-0.15, -0.1) is 0 Å². The van der Waals surface area contributed by atoms with Crippen LogP contribution in [0.15, 0.2) is 0 Å². The minimum Gasteiger partial charge on any atom is -0.392 e. The summed E-state index contributed by atoms with van der Waals surface area (Å²) in [5, 5.41) is 13.5. The SMILES string of the molecule is CCCOCCn1nc(C)c(CO)c1C. The molecule has 0 atom stereocenters. The summed E-state index contributed by atoms with van der Waals surface area (Å²) in [5.74, 6) is 0. The molecule has 0 radical (unpaired) electrons. The van der Waals surface area contributed by atoms with Crippen molar-refractivity contribution in [3.8, 4) is 0 Å². The molecule has 1 aromatic rings. The van der Waals surface area contributed by atoms with E-state index in [0.717, 1.165) is 36.5 Å². The molecule has 4 heteroatoms. The van der Waals surface area contributed by atoms with E-state index in [-0.39, 0.29) is 6.61 Å². The molecule has 0 aromatic carbocycles. The molecule has 0 aliphatic heterocycles. The maximum atomic E-state index is 9.14. The van der Waals surface area contributed by atoms with Crippen molar-refractivity contribution in [3.05, 3.63) is 17.0 Å². The Labute approximate surface area is 90.9 Å². The van der Waals surface area contributed by atoms with Crippen LogP contribution in [0.3, 0.4) is 0 Å². The lowest BCUT2D eigenvalue weighted by Gasteiger charge is -2.05. The number of aryl methyl sites for hydroxylation is 1. The van der Waals surface area contributed by atoms with Gasteiger partial charge in [0.1, 0.15) is 0 Å². The molecule has 15 heavy (non-hydrogen) atoms. The standard InChI is InChI=1S/C11H20N2O2/c1-4-6-15-7-5-13-10(3)11(8-14)9(2)12-13/h14H,4-8H2,1-3H3. The Balaban J connectivity index is 2.54. The van der Waals surface area contributed by atoms with Crippen molar-refractivity contribution in [2.45, 2.75) is 40.3 Å². The molecular weight excluding hydrogens is 192 g/mol.